The first-order chi connectivity index (χ1) is 17.8. The van der Waals surface area contributed by atoms with Gasteiger partial charge in [0.2, 0.25) is 17.7 Å². The number of nitrogens with one attached hydrogen (secondary N) is 4. The fourth-order valence-corrected chi connectivity index (χ4v) is 5.24. The molecule has 38 heavy (non-hydrogen) atoms. The number of halogens is 2. The molecule has 0 aliphatic heterocycles. The van der Waals surface area contributed by atoms with E-state index in [4.69, 9.17) is 17.3 Å². The summed E-state index contributed by atoms with van der Waals surface area (Å²) in [6, 6.07) is 0.386. The Kier molecular flexibility index (Phi) is 8.91. The zero-order valence-electron chi connectivity index (χ0n) is 21.9. The Morgan fingerprint density at radius 1 is 1.13 bits per heavy atom. The molecular weight excluding hydrogens is 517 g/mol. The van der Waals surface area contributed by atoms with Gasteiger partial charge in [0.1, 0.15) is 23.4 Å². The van der Waals surface area contributed by atoms with Crippen LogP contribution in [-0.4, -0.2) is 51.5 Å². The van der Waals surface area contributed by atoms with Crippen LogP contribution in [0.25, 0.3) is 10.9 Å². The average Bonchev–Trinajstić information content (AvgIpc) is 3.22. The normalized spacial score (nSPS) is 20.1. The van der Waals surface area contributed by atoms with Crippen molar-refractivity contribution in [2.24, 2.45) is 17.6 Å². The van der Waals surface area contributed by atoms with E-state index in [9.17, 15) is 28.7 Å². The summed E-state index contributed by atoms with van der Waals surface area (Å²) in [5.41, 5.74) is 5.89. The molecule has 0 fully saturated rings. The van der Waals surface area contributed by atoms with Gasteiger partial charge in [0.15, 0.2) is 0 Å². The fourth-order valence-electron chi connectivity index (χ4n) is 4.99. The number of primary amides is 1. The number of aromatic amines is 1. The summed E-state index contributed by atoms with van der Waals surface area (Å²) in [4.78, 5) is 54.2. The number of nitrogens with two attached hydrogens (primary N) is 1. The predicted octanol–water partition coefficient (Wildman–Crippen LogP) is 3.00. The summed E-state index contributed by atoms with van der Waals surface area (Å²) in [5.74, 6) is -3.21. The van der Waals surface area contributed by atoms with Crippen molar-refractivity contribution < 1.29 is 28.7 Å². The smallest absolute Gasteiger partial charge is 0.405 e. The summed E-state index contributed by atoms with van der Waals surface area (Å²) in [7, 11) is 0. The number of aryl methyl sites for hydroxylation is 1. The first-order valence-corrected chi connectivity index (χ1v) is 13.1. The maximum atomic E-state index is 14.3. The Morgan fingerprint density at radius 3 is 2.34 bits per heavy atom. The van der Waals surface area contributed by atoms with Crippen LogP contribution in [0.5, 0.6) is 0 Å². The highest BCUT2D eigenvalue weighted by Gasteiger charge is 2.46. The minimum atomic E-state index is -1.56. The van der Waals surface area contributed by atoms with E-state index in [0.29, 0.717) is 35.7 Å². The number of hydrogen-bond acceptors (Lipinski definition) is 4. The van der Waals surface area contributed by atoms with Crippen molar-refractivity contribution >= 4 is 46.3 Å². The number of benzene rings is 1. The molecule has 208 valence electrons. The number of rotatable bonds is 10. The van der Waals surface area contributed by atoms with Gasteiger partial charge in [-0.25, -0.2) is 9.18 Å². The lowest BCUT2D eigenvalue weighted by molar-refractivity contribution is -0.137. The van der Waals surface area contributed by atoms with Gasteiger partial charge in [-0.2, -0.15) is 0 Å². The SMILES string of the molecule is CC[C@H](C)C(NC(=O)[C@@]1(NC(=O)C(NC(=O)O)[C@@H](C)CC)CCc2[nH]c3c(Cl)cc(F)cc3c2C1)C(N)=O. The molecule has 1 heterocycles. The summed E-state index contributed by atoms with van der Waals surface area (Å²) < 4.78 is 14.3. The first kappa shape index (κ1) is 29.2. The van der Waals surface area contributed by atoms with Crippen LogP contribution in [0.1, 0.15) is 58.2 Å². The van der Waals surface area contributed by atoms with Gasteiger partial charge in [-0.1, -0.05) is 52.1 Å². The highest BCUT2D eigenvalue weighted by molar-refractivity contribution is 6.35. The standard InChI is InChI=1S/C26H35ClFN5O5/c1-5-12(3)19(22(29)34)31-24(36)26(33-23(35)20(13(4)6-2)32-25(37)38)8-7-18-16(11-26)15-9-14(28)10-17(27)21(15)30-18/h9-10,12-13,19-20,30,32H,5-8,11H2,1-4H3,(H2,29,34)(H,31,36)(H,33,35)(H,37,38)/t12-,13-,19?,20?,26+/m0/s1. The van der Waals surface area contributed by atoms with Gasteiger partial charge in [0.05, 0.1) is 10.5 Å². The van der Waals surface area contributed by atoms with Crippen LogP contribution in [0, 0.1) is 17.7 Å². The number of aromatic nitrogens is 1. The Morgan fingerprint density at radius 2 is 1.76 bits per heavy atom. The van der Waals surface area contributed by atoms with Crippen LogP contribution < -0.4 is 21.7 Å². The van der Waals surface area contributed by atoms with Gasteiger partial charge in [-0.3, -0.25) is 14.4 Å². The van der Waals surface area contributed by atoms with Gasteiger partial charge in [-0.15, -0.1) is 0 Å². The van der Waals surface area contributed by atoms with E-state index in [-0.39, 0.29) is 29.7 Å². The summed E-state index contributed by atoms with van der Waals surface area (Å²) >= 11 is 6.26. The molecular formula is C26H35ClFN5O5. The van der Waals surface area contributed by atoms with E-state index in [1.807, 2.05) is 13.8 Å². The summed E-state index contributed by atoms with van der Waals surface area (Å²) in [5, 5.41) is 17.8. The average molecular weight is 552 g/mol. The number of fused-ring (bicyclic) bond motifs is 3. The first-order valence-electron chi connectivity index (χ1n) is 12.7. The number of carbonyl (C=O) groups excluding carboxylic acids is 3. The monoisotopic (exact) mass is 551 g/mol. The van der Waals surface area contributed by atoms with Gasteiger partial charge in [0, 0.05) is 17.5 Å². The Hall–Kier alpha value is -3.34. The minimum Gasteiger partial charge on any atom is -0.465 e. The van der Waals surface area contributed by atoms with E-state index in [2.05, 4.69) is 20.9 Å². The molecule has 12 heteroatoms. The summed E-state index contributed by atoms with van der Waals surface area (Å²) in [6.07, 6.45) is 0.0985. The largest absolute Gasteiger partial charge is 0.465 e. The van der Waals surface area contributed by atoms with Crippen molar-refractivity contribution in [3.8, 4) is 0 Å². The van der Waals surface area contributed by atoms with Crippen LogP contribution in [0.4, 0.5) is 9.18 Å². The lowest BCUT2D eigenvalue weighted by Crippen LogP contribution is -2.67. The molecule has 1 aliphatic carbocycles. The zero-order valence-corrected chi connectivity index (χ0v) is 22.7. The molecule has 4 amide bonds. The van der Waals surface area contributed by atoms with Gasteiger partial charge in [-0.05, 0) is 42.4 Å². The van der Waals surface area contributed by atoms with Crippen molar-refractivity contribution in [3.63, 3.8) is 0 Å². The Labute approximate surface area is 225 Å². The molecule has 0 saturated carbocycles. The van der Waals surface area contributed by atoms with Gasteiger partial charge >= 0.3 is 6.09 Å². The highest BCUT2D eigenvalue weighted by atomic mass is 35.5. The topological polar surface area (TPSA) is 166 Å². The second-order valence-corrected chi connectivity index (χ2v) is 10.6. The third-order valence-electron chi connectivity index (χ3n) is 7.68. The van der Waals surface area contributed by atoms with E-state index < -0.39 is 47.3 Å². The molecule has 2 unspecified atom stereocenters. The van der Waals surface area contributed by atoms with Crippen LogP contribution in [-0.2, 0) is 27.2 Å². The number of hydrogen-bond donors (Lipinski definition) is 6. The second kappa shape index (κ2) is 11.6. The molecule has 3 rings (SSSR count). The Balaban J connectivity index is 2.08. The van der Waals surface area contributed by atoms with E-state index >= 15 is 0 Å². The third kappa shape index (κ3) is 5.87. The number of amides is 4. The lowest BCUT2D eigenvalue weighted by Gasteiger charge is -2.39. The van der Waals surface area contributed by atoms with Crippen molar-refractivity contribution in [2.45, 2.75) is 77.4 Å². The molecule has 1 aromatic heterocycles. The molecule has 1 aromatic carbocycles. The maximum Gasteiger partial charge on any atom is 0.405 e. The van der Waals surface area contributed by atoms with E-state index in [1.54, 1.807) is 13.8 Å². The number of H-pyrrole nitrogens is 1. The zero-order chi connectivity index (χ0) is 28.4. The molecule has 0 radical (unpaired) electrons. The maximum absolute atomic E-state index is 14.3. The molecule has 5 atom stereocenters. The van der Waals surface area contributed by atoms with E-state index in [0.717, 1.165) is 5.69 Å². The van der Waals surface area contributed by atoms with Crippen LogP contribution in [0.3, 0.4) is 0 Å². The van der Waals surface area contributed by atoms with Crippen LogP contribution in [0.2, 0.25) is 5.02 Å². The predicted molar refractivity (Wildman–Crippen MR) is 141 cm³/mol. The molecule has 2 aromatic rings. The molecule has 0 saturated heterocycles. The van der Waals surface area contributed by atoms with Gasteiger partial charge < -0.3 is 31.8 Å². The molecule has 1 aliphatic rings. The second-order valence-electron chi connectivity index (χ2n) is 10.2. The van der Waals surface area contributed by atoms with Crippen LogP contribution in [0.15, 0.2) is 12.1 Å². The lowest BCUT2D eigenvalue weighted by atomic mass is 9.78. The Bertz CT molecular complexity index is 1250. The molecule has 0 bridgehead atoms. The quantitative estimate of drug-likeness (QED) is 0.266. The molecule has 7 N–H and O–H groups in total. The molecule has 0 spiro atoms. The summed E-state index contributed by atoms with van der Waals surface area (Å²) in [6.45, 7) is 7.18. The van der Waals surface area contributed by atoms with Crippen molar-refractivity contribution in [2.75, 3.05) is 0 Å². The number of carboxylic acid groups (broad SMARTS) is 1. The van der Waals surface area contributed by atoms with Crippen molar-refractivity contribution in [1.82, 2.24) is 20.9 Å². The fraction of sp³-hybridized carbons (Fsp3) is 0.538. The third-order valence-corrected chi connectivity index (χ3v) is 7.98. The van der Waals surface area contributed by atoms with Crippen molar-refractivity contribution in [1.29, 1.82) is 0 Å². The minimum absolute atomic E-state index is 0.0357. The van der Waals surface area contributed by atoms with Crippen LogP contribution >= 0.6 is 11.6 Å². The van der Waals surface area contributed by atoms with E-state index in [1.165, 1.54) is 12.1 Å². The van der Waals surface area contributed by atoms with Gasteiger partial charge in [0.25, 0.3) is 0 Å². The molecule has 10 nitrogen and oxygen atoms in total. The van der Waals surface area contributed by atoms with Crippen molar-refractivity contribution in [3.05, 3.63) is 34.2 Å². The highest BCUT2D eigenvalue weighted by Crippen LogP contribution is 2.37. The number of carbonyl (C=O) groups is 4.